The van der Waals surface area contributed by atoms with Gasteiger partial charge in [0.25, 0.3) is 0 Å². The molecule has 18 heavy (non-hydrogen) atoms. The van der Waals surface area contributed by atoms with Crippen LogP contribution in [-0.2, 0) is 10.2 Å². The summed E-state index contributed by atoms with van der Waals surface area (Å²) in [6.45, 7) is 4.04. The van der Waals surface area contributed by atoms with Crippen molar-refractivity contribution in [3.05, 3.63) is 35.9 Å². The lowest BCUT2D eigenvalue weighted by Gasteiger charge is -2.28. The molecular formula is C15H20ClNO. The van der Waals surface area contributed by atoms with Crippen LogP contribution in [-0.4, -0.2) is 17.3 Å². The van der Waals surface area contributed by atoms with Crippen LogP contribution in [0.5, 0.6) is 0 Å². The van der Waals surface area contributed by atoms with Crippen molar-refractivity contribution in [2.75, 3.05) is 5.88 Å². The summed E-state index contributed by atoms with van der Waals surface area (Å²) in [7, 11) is 0. The third-order valence-corrected chi connectivity index (χ3v) is 3.87. The van der Waals surface area contributed by atoms with Crippen molar-refractivity contribution in [3.8, 4) is 0 Å². The van der Waals surface area contributed by atoms with Crippen molar-refractivity contribution in [1.29, 1.82) is 0 Å². The van der Waals surface area contributed by atoms with Crippen LogP contribution in [0.4, 0.5) is 0 Å². The number of nitrogens with one attached hydrogen (secondary N) is 1. The molecule has 0 heterocycles. The lowest BCUT2D eigenvalue weighted by atomic mass is 9.92. The van der Waals surface area contributed by atoms with Gasteiger partial charge in [0, 0.05) is 11.4 Å². The summed E-state index contributed by atoms with van der Waals surface area (Å²) in [5.41, 5.74) is 0.609. The Kier molecular flexibility index (Phi) is 3.67. The number of hydrogen-bond acceptors (Lipinski definition) is 1. The predicted molar refractivity (Wildman–Crippen MR) is 74.9 cm³/mol. The predicted octanol–water partition coefficient (Wildman–Crippen LogP) is 3.24. The van der Waals surface area contributed by atoms with Crippen molar-refractivity contribution in [2.45, 2.75) is 44.1 Å². The first-order valence-electron chi connectivity index (χ1n) is 6.44. The number of benzene rings is 1. The van der Waals surface area contributed by atoms with E-state index in [4.69, 9.17) is 11.6 Å². The maximum Gasteiger partial charge on any atom is 0.231 e. The lowest BCUT2D eigenvalue weighted by molar-refractivity contribution is -0.125. The van der Waals surface area contributed by atoms with E-state index in [1.807, 2.05) is 44.2 Å². The van der Waals surface area contributed by atoms with Gasteiger partial charge >= 0.3 is 0 Å². The fraction of sp³-hybridized carbons (Fsp3) is 0.533. The Hall–Kier alpha value is -1.02. The number of hydrogen-bond donors (Lipinski definition) is 1. The number of carbonyl (C=O) groups excluding carboxylic acids is 1. The number of rotatable bonds is 5. The van der Waals surface area contributed by atoms with E-state index >= 15 is 0 Å². The molecule has 3 heteroatoms. The Morgan fingerprint density at radius 3 is 2.44 bits per heavy atom. The second-order valence-corrected chi connectivity index (χ2v) is 6.10. The van der Waals surface area contributed by atoms with Gasteiger partial charge < -0.3 is 5.32 Å². The van der Waals surface area contributed by atoms with Gasteiger partial charge in [-0.3, -0.25) is 4.79 Å². The zero-order valence-corrected chi connectivity index (χ0v) is 11.8. The lowest BCUT2D eigenvalue weighted by Crippen LogP contribution is -2.48. The number of halogens is 1. The molecule has 1 aromatic carbocycles. The number of alkyl halides is 1. The molecule has 1 aliphatic carbocycles. The molecule has 98 valence electrons. The molecule has 2 nitrogen and oxygen atoms in total. The van der Waals surface area contributed by atoms with Crippen LogP contribution >= 0.6 is 11.6 Å². The first kappa shape index (κ1) is 13.4. The van der Waals surface area contributed by atoms with E-state index in [2.05, 4.69) is 5.32 Å². The summed E-state index contributed by atoms with van der Waals surface area (Å²) in [4.78, 5) is 12.5. The SMILES string of the molecule is CC(C)(CCCl)NC(=O)C1(c2ccccc2)CC1. The normalized spacial score (nSPS) is 17.3. The third kappa shape index (κ3) is 2.69. The Morgan fingerprint density at radius 2 is 1.94 bits per heavy atom. The van der Waals surface area contributed by atoms with E-state index in [1.165, 1.54) is 0 Å². The molecule has 0 aliphatic heterocycles. The molecule has 0 saturated heterocycles. The standard InChI is InChI=1S/C15H20ClNO/c1-14(2,10-11-16)17-13(18)15(8-9-15)12-6-4-3-5-7-12/h3-7H,8-11H2,1-2H3,(H,17,18). The Morgan fingerprint density at radius 1 is 1.33 bits per heavy atom. The van der Waals surface area contributed by atoms with Gasteiger partial charge in [0.05, 0.1) is 5.41 Å². The average molecular weight is 266 g/mol. The van der Waals surface area contributed by atoms with Crippen LogP contribution in [0.1, 0.15) is 38.7 Å². The van der Waals surface area contributed by atoms with Crippen LogP contribution in [0.25, 0.3) is 0 Å². The van der Waals surface area contributed by atoms with E-state index < -0.39 is 0 Å². The third-order valence-electron chi connectivity index (χ3n) is 3.68. The van der Waals surface area contributed by atoms with Crippen LogP contribution in [0.3, 0.4) is 0 Å². The first-order chi connectivity index (χ1) is 8.50. The van der Waals surface area contributed by atoms with Crippen molar-refractivity contribution < 1.29 is 4.79 Å². The van der Waals surface area contributed by atoms with Crippen molar-refractivity contribution >= 4 is 17.5 Å². The largest absolute Gasteiger partial charge is 0.350 e. The van der Waals surface area contributed by atoms with Gasteiger partial charge in [-0.2, -0.15) is 0 Å². The highest BCUT2D eigenvalue weighted by Crippen LogP contribution is 2.48. The molecule has 0 atom stereocenters. The highest BCUT2D eigenvalue weighted by atomic mass is 35.5. The highest BCUT2D eigenvalue weighted by molar-refractivity contribution is 6.17. The van der Waals surface area contributed by atoms with Gasteiger partial charge in [-0.05, 0) is 38.7 Å². The van der Waals surface area contributed by atoms with E-state index in [9.17, 15) is 4.79 Å². The van der Waals surface area contributed by atoms with Crippen molar-refractivity contribution in [2.24, 2.45) is 0 Å². The fourth-order valence-corrected chi connectivity index (χ4v) is 2.73. The molecule has 0 bridgehead atoms. The van der Waals surface area contributed by atoms with E-state index in [0.717, 1.165) is 24.8 Å². The molecule has 1 N–H and O–H groups in total. The summed E-state index contributed by atoms with van der Waals surface area (Å²) >= 11 is 5.77. The van der Waals surface area contributed by atoms with Gasteiger partial charge in [0.1, 0.15) is 0 Å². The monoisotopic (exact) mass is 265 g/mol. The minimum Gasteiger partial charge on any atom is -0.350 e. The molecule has 1 aromatic rings. The Bertz CT molecular complexity index is 423. The van der Waals surface area contributed by atoms with Crippen molar-refractivity contribution in [1.82, 2.24) is 5.32 Å². The summed E-state index contributed by atoms with van der Waals surface area (Å²) in [5.74, 6) is 0.704. The zero-order chi connectivity index (χ0) is 13.2. The number of carbonyl (C=O) groups is 1. The molecule has 0 spiro atoms. The van der Waals surface area contributed by atoms with Gasteiger partial charge in [0.2, 0.25) is 5.91 Å². The minimum atomic E-state index is -0.287. The Balaban J connectivity index is 2.10. The molecular weight excluding hydrogens is 246 g/mol. The quantitative estimate of drug-likeness (QED) is 0.814. The Labute approximate surface area is 114 Å². The second-order valence-electron chi connectivity index (χ2n) is 5.73. The highest BCUT2D eigenvalue weighted by Gasteiger charge is 2.51. The molecule has 1 fully saturated rings. The van der Waals surface area contributed by atoms with E-state index in [1.54, 1.807) is 0 Å². The molecule has 0 unspecified atom stereocenters. The summed E-state index contributed by atoms with van der Waals surface area (Å²) < 4.78 is 0. The maximum atomic E-state index is 12.5. The van der Waals surface area contributed by atoms with Gasteiger partial charge in [-0.25, -0.2) is 0 Å². The smallest absolute Gasteiger partial charge is 0.231 e. The summed E-state index contributed by atoms with van der Waals surface area (Å²) in [5, 5.41) is 3.14. The van der Waals surface area contributed by atoms with Crippen LogP contribution < -0.4 is 5.32 Å². The minimum absolute atomic E-state index is 0.142. The van der Waals surface area contributed by atoms with Crippen LogP contribution in [0.2, 0.25) is 0 Å². The molecule has 1 saturated carbocycles. The van der Waals surface area contributed by atoms with Gasteiger partial charge in [0.15, 0.2) is 0 Å². The number of amides is 1. The van der Waals surface area contributed by atoms with E-state index in [0.29, 0.717) is 5.88 Å². The average Bonchev–Trinajstić information content (AvgIpc) is 3.10. The fourth-order valence-electron chi connectivity index (χ4n) is 2.25. The summed E-state index contributed by atoms with van der Waals surface area (Å²) in [6, 6.07) is 10.1. The first-order valence-corrected chi connectivity index (χ1v) is 6.98. The maximum absolute atomic E-state index is 12.5. The molecule has 2 rings (SSSR count). The molecule has 0 aromatic heterocycles. The second kappa shape index (κ2) is 4.93. The molecule has 0 radical (unpaired) electrons. The van der Waals surface area contributed by atoms with Crippen molar-refractivity contribution in [3.63, 3.8) is 0 Å². The van der Waals surface area contributed by atoms with Crippen LogP contribution in [0.15, 0.2) is 30.3 Å². The molecule has 1 amide bonds. The summed E-state index contributed by atoms with van der Waals surface area (Å²) in [6.07, 6.45) is 2.67. The van der Waals surface area contributed by atoms with Crippen LogP contribution in [0, 0.1) is 0 Å². The van der Waals surface area contributed by atoms with Gasteiger partial charge in [-0.1, -0.05) is 30.3 Å². The van der Waals surface area contributed by atoms with E-state index in [-0.39, 0.29) is 16.9 Å². The van der Waals surface area contributed by atoms with Gasteiger partial charge in [-0.15, -0.1) is 11.6 Å². The topological polar surface area (TPSA) is 29.1 Å². The zero-order valence-electron chi connectivity index (χ0n) is 11.0. The molecule has 1 aliphatic rings.